The van der Waals surface area contributed by atoms with E-state index in [2.05, 4.69) is 36.3 Å². The van der Waals surface area contributed by atoms with Crippen LogP contribution in [0.3, 0.4) is 0 Å². The molecule has 0 radical (unpaired) electrons. The SMILES string of the molecule is COc1ccc(Cn2nc(Br)c3c(NC4CCCCC4)nc(Cl)nc32)cc1. The number of benzene rings is 1. The highest BCUT2D eigenvalue weighted by Gasteiger charge is 2.20. The summed E-state index contributed by atoms with van der Waals surface area (Å²) in [7, 11) is 1.66. The molecule has 0 saturated heterocycles. The highest BCUT2D eigenvalue weighted by molar-refractivity contribution is 9.10. The van der Waals surface area contributed by atoms with E-state index < -0.39 is 0 Å². The third kappa shape index (κ3) is 4.04. The van der Waals surface area contributed by atoms with Crippen molar-refractivity contribution in [3.05, 3.63) is 39.7 Å². The van der Waals surface area contributed by atoms with E-state index in [1.54, 1.807) is 7.11 Å². The summed E-state index contributed by atoms with van der Waals surface area (Å²) < 4.78 is 7.79. The molecule has 0 amide bonds. The summed E-state index contributed by atoms with van der Waals surface area (Å²) >= 11 is 9.81. The molecule has 27 heavy (non-hydrogen) atoms. The van der Waals surface area contributed by atoms with Gasteiger partial charge in [-0.05, 0) is 58.1 Å². The van der Waals surface area contributed by atoms with Crippen LogP contribution in [-0.4, -0.2) is 32.9 Å². The van der Waals surface area contributed by atoms with Crippen LogP contribution in [0.25, 0.3) is 11.0 Å². The molecule has 0 spiro atoms. The van der Waals surface area contributed by atoms with Crippen molar-refractivity contribution in [2.75, 3.05) is 12.4 Å². The number of aromatic nitrogens is 4. The highest BCUT2D eigenvalue weighted by Crippen LogP contribution is 2.32. The van der Waals surface area contributed by atoms with Gasteiger partial charge in [-0.3, -0.25) is 0 Å². The second-order valence-electron chi connectivity index (χ2n) is 6.82. The van der Waals surface area contributed by atoms with Crippen molar-refractivity contribution in [1.29, 1.82) is 0 Å². The lowest BCUT2D eigenvalue weighted by atomic mass is 9.95. The Kier molecular flexibility index (Phi) is 5.50. The van der Waals surface area contributed by atoms with Crippen molar-refractivity contribution in [3.63, 3.8) is 0 Å². The first-order chi connectivity index (χ1) is 13.1. The highest BCUT2D eigenvalue weighted by atomic mass is 79.9. The van der Waals surface area contributed by atoms with Gasteiger partial charge in [0.1, 0.15) is 16.2 Å². The number of halogens is 2. The molecule has 6 nitrogen and oxygen atoms in total. The van der Waals surface area contributed by atoms with Crippen LogP contribution in [-0.2, 0) is 6.54 Å². The monoisotopic (exact) mass is 449 g/mol. The Bertz CT molecular complexity index is 937. The fourth-order valence-corrected chi connectivity index (χ4v) is 4.28. The van der Waals surface area contributed by atoms with E-state index in [1.165, 1.54) is 19.3 Å². The van der Waals surface area contributed by atoms with Gasteiger partial charge in [-0.1, -0.05) is 31.4 Å². The maximum Gasteiger partial charge on any atom is 0.226 e. The van der Waals surface area contributed by atoms with E-state index in [1.807, 2.05) is 28.9 Å². The van der Waals surface area contributed by atoms with E-state index in [0.717, 1.165) is 45.6 Å². The van der Waals surface area contributed by atoms with Gasteiger partial charge in [-0.15, -0.1) is 0 Å². The Hall–Kier alpha value is -1.86. The third-order valence-corrected chi connectivity index (χ3v) is 5.68. The molecular formula is C19H21BrClN5O. The first-order valence-electron chi connectivity index (χ1n) is 9.13. The Labute approximate surface area is 171 Å². The van der Waals surface area contributed by atoms with E-state index in [-0.39, 0.29) is 5.28 Å². The average Bonchev–Trinajstić information content (AvgIpc) is 2.98. The Morgan fingerprint density at radius 2 is 1.93 bits per heavy atom. The van der Waals surface area contributed by atoms with Crippen LogP contribution < -0.4 is 10.1 Å². The molecule has 1 N–H and O–H groups in total. The van der Waals surface area contributed by atoms with Gasteiger partial charge in [0.25, 0.3) is 0 Å². The van der Waals surface area contributed by atoms with Crippen molar-refractivity contribution in [1.82, 2.24) is 19.7 Å². The van der Waals surface area contributed by atoms with Crippen molar-refractivity contribution in [2.45, 2.75) is 44.7 Å². The van der Waals surface area contributed by atoms with Gasteiger partial charge in [-0.2, -0.15) is 15.1 Å². The molecule has 8 heteroatoms. The third-order valence-electron chi connectivity index (χ3n) is 4.96. The summed E-state index contributed by atoms with van der Waals surface area (Å²) in [6.07, 6.45) is 6.11. The quantitative estimate of drug-likeness (QED) is 0.551. The smallest absolute Gasteiger partial charge is 0.226 e. The first-order valence-corrected chi connectivity index (χ1v) is 10.3. The van der Waals surface area contributed by atoms with Crippen molar-refractivity contribution < 1.29 is 4.74 Å². The van der Waals surface area contributed by atoms with Crippen molar-refractivity contribution >= 4 is 44.4 Å². The van der Waals surface area contributed by atoms with Gasteiger partial charge in [-0.25, -0.2) is 4.68 Å². The summed E-state index contributed by atoms with van der Waals surface area (Å²) in [5.41, 5.74) is 1.82. The topological polar surface area (TPSA) is 64.9 Å². The fraction of sp³-hybridized carbons (Fsp3) is 0.421. The van der Waals surface area contributed by atoms with Gasteiger partial charge in [0.2, 0.25) is 5.28 Å². The Morgan fingerprint density at radius 3 is 2.63 bits per heavy atom. The van der Waals surface area contributed by atoms with Crippen LogP contribution in [0.15, 0.2) is 28.9 Å². The van der Waals surface area contributed by atoms with Crippen LogP contribution in [0.1, 0.15) is 37.7 Å². The fourth-order valence-electron chi connectivity index (χ4n) is 3.56. The number of methoxy groups -OCH3 is 1. The Balaban J connectivity index is 1.67. The molecule has 0 atom stereocenters. The maximum absolute atomic E-state index is 6.23. The molecule has 0 unspecified atom stereocenters. The predicted octanol–water partition coefficient (Wildman–Crippen LogP) is 5.04. The van der Waals surface area contributed by atoms with Crippen LogP contribution in [0, 0.1) is 0 Å². The molecule has 0 bridgehead atoms. The summed E-state index contributed by atoms with van der Waals surface area (Å²) in [5.74, 6) is 1.58. The maximum atomic E-state index is 6.23. The molecule has 1 aliphatic carbocycles. The molecule has 2 aromatic heterocycles. The predicted molar refractivity (Wildman–Crippen MR) is 111 cm³/mol. The molecule has 4 rings (SSSR count). The number of nitrogens with zero attached hydrogens (tertiary/aromatic N) is 4. The van der Waals surface area contributed by atoms with Crippen LogP contribution in [0.4, 0.5) is 5.82 Å². The first kappa shape index (κ1) is 18.5. The second-order valence-corrected chi connectivity index (χ2v) is 7.90. The molecule has 1 fully saturated rings. The van der Waals surface area contributed by atoms with Gasteiger partial charge >= 0.3 is 0 Å². The molecule has 142 valence electrons. The van der Waals surface area contributed by atoms with E-state index in [0.29, 0.717) is 12.6 Å². The zero-order valence-electron chi connectivity index (χ0n) is 15.1. The van der Waals surface area contributed by atoms with Gasteiger partial charge in [0.05, 0.1) is 19.0 Å². The molecule has 1 saturated carbocycles. The summed E-state index contributed by atoms with van der Waals surface area (Å²) in [5, 5.41) is 9.29. The second kappa shape index (κ2) is 8.02. The number of nitrogens with one attached hydrogen (secondary N) is 1. The number of hydrogen-bond acceptors (Lipinski definition) is 5. The molecular weight excluding hydrogens is 430 g/mol. The number of anilines is 1. The minimum absolute atomic E-state index is 0.226. The van der Waals surface area contributed by atoms with Crippen LogP contribution >= 0.6 is 27.5 Å². The number of rotatable bonds is 5. The van der Waals surface area contributed by atoms with Crippen LogP contribution in [0.5, 0.6) is 5.75 Å². The van der Waals surface area contributed by atoms with Gasteiger partial charge in [0, 0.05) is 6.04 Å². The van der Waals surface area contributed by atoms with Crippen molar-refractivity contribution in [2.24, 2.45) is 0 Å². The zero-order valence-corrected chi connectivity index (χ0v) is 17.4. The van der Waals surface area contributed by atoms with Crippen LogP contribution in [0.2, 0.25) is 5.28 Å². The number of hydrogen-bond donors (Lipinski definition) is 1. The summed E-state index contributed by atoms with van der Waals surface area (Å²) in [4.78, 5) is 8.88. The average molecular weight is 451 g/mol. The molecule has 3 aromatic rings. The molecule has 1 aliphatic rings. The van der Waals surface area contributed by atoms with Crippen molar-refractivity contribution in [3.8, 4) is 5.75 Å². The zero-order chi connectivity index (χ0) is 18.8. The lowest BCUT2D eigenvalue weighted by Crippen LogP contribution is -2.23. The lowest BCUT2D eigenvalue weighted by Gasteiger charge is -2.23. The molecule has 0 aliphatic heterocycles. The van der Waals surface area contributed by atoms with Gasteiger partial charge < -0.3 is 10.1 Å². The minimum Gasteiger partial charge on any atom is -0.497 e. The van der Waals surface area contributed by atoms with Gasteiger partial charge in [0.15, 0.2) is 5.65 Å². The lowest BCUT2D eigenvalue weighted by molar-refractivity contribution is 0.414. The number of ether oxygens (including phenoxy) is 1. The number of fused-ring (bicyclic) bond motifs is 1. The summed E-state index contributed by atoms with van der Waals surface area (Å²) in [6, 6.07) is 8.33. The van der Waals surface area contributed by atoms with E-state index in [4.69, 9.17) is 16.3 Å². The summed E-state index contributed by atoms with van der Waals surface area (Å²) in [6.45, 7) is 0.586. The minimum atomic E-state index is 0.226. The molecule has 2 heterocycles. The molecule has 1 aromatic carbocycles. The standard InChI is InChI=1S/C19H21BrClN5O/c1-27-14-9-7-12(8-10-14)11-26-18-15(16(20)25-26)17(23-19(21)24-18)22-13-5-3-2-4-6-13/h7-10,13H,2-6,11H2,1H3,(H,22,23,24). The Morgan fingerprint density at radius 1 is 1.19 bits per heavy atom. The van der Waals surface area contributed by atoms with E-state index in [9.17, 15) is 0 Å². The normalized spacial score (nSPS) is 15.2. The largest absolute Gasteiger partial charge is 0.497 e. The van der Waals surface area contributed by atoms with E-state index >= 15 is 0 Å².